The van der Waals surface area contributed by atoms with E-state index in [4.69, 9.17) is 4.74 Å². The molecular formula is C25H20N2O5. The van der Waals surface area contributed by atoms with Crippen molar-refractivity contribution in [1.29, 1.82) is 0 Å². The number of imide groups is 1. The van der Waals surface area contributed by atoms with E-state index in [-0.39, 0.29) is 11.7 Å². The van der Waals surface area contributed by atoms with Crippen LogP contribution in [0.4, 0.5) is 11.4 Å². The zero-order valence-electron chi connectivity index (χ0n) is 17.5. The van der Waals surface area contributed by atoms with Crippen LogP contribution in [-0.4, -0.2) is 29.8 Å². The van der Waals surface area contributed by atoms with Crippen molar-refractivity contribution in [3.8, 4) is 0 Å². The summed E-state index contributed by atoms with van der Waals surface area (Å²) < 4.78 is 5.14. The molecular weight excluding hydrogens is 408 g/mol. The molecule has 0 saturated carbocycles. The number of rotatable bonds is 5. The van der Waals surface area contributed by atoms with Gasteiger partial charge in [0.05, 0.1) is 28.5 Å². The molecule has 1 heterocycles. The Morgan fingerprint density at radius 3 is 2.03 bits per heavy atom. The number of fused-ring (bicyclic) bond motifs is 1. The lowest BCUT2D eigenvalue weighted by Gasteiger charge is -2.15. The molecule has 0 bridgehead atoms. The first-order valence-electron chi connectivity index (χ1n) is 10.1. The van der Waals surface area contributed by atoms with Gasteiger partial charge in [-0.25, -0.2) is 9.69 Å². The number of amides is 3. The number of carbonyl (C=O) groups is 4. The molecule has 1 aliphatic heterocycles. The van der Waals surface area contributed by atoms with Crippen LogP contribution in [0.1, 0.15) is 55.3 Å². The second kappa shape index (κ2) is 8.47. The highest BCUT2D eigenvalue weighted by molar-refractivity contribution is 6.34. The molecule has 4 rings (SSSR count). The van der Waals surface area contributed by atoms with E-state index < -0.39 is 23.7 Å². The van der Waals surface area contributed by atoms with Crippen molar-refractivity contribution in [2.45, 2.75) is 20.0 Å². The molecule has 160 valence electrons. The summed E-state index contributed by atoms with van der Waals surface area (Å²) in [7, 11) is 0. The largest absolute Gasteiger partial charge is 0.459 e. The van der Waals surface area contributed by atoms with Crippen LogP contribution in [-0.2, 0) is 4.74 Å². The molecule has 0 aliphatic carbocycles. The molecule has 7 nitrogen and oxygen atoms in total. The normalized spacial score (nSPS) is 12.7. The van der Waals surface area contributed by atoms with Crippen molar-refractivity contribution in [1.82, 2.24) is 0 Å². The fourth-order valence-corrected chi connectivity index (χ4v) is 3.39. The third-order valence-electron chi connectivity index (χ3n) is 4.88. The molecule has 3 aromatic rings. The van der Waals surface area contributed by atoms with Crippen LogP contribution in [0, 0.1) is 0 Å². The van der Waals surface area contributed by atoms with Crippen molar-refractivity contribution in [2.75, 3.05) is 10.2 Å². The highest BCUT2D eigenvalue weighted by atomic mass is 16.5. The Hall–Kier alpha value is -4.26. The van der Waals surface area contributed by atoms with E-state index >= 15 is 0 Å². The van der Waals surface area contributed by atoms with Crippen LogP contribution >= 0.6 is 0 Å². The number of benzene rings is 3. The number of nitrogens with zero attached hydrogens (tertiary/aromatic N) is 1. The van der Waals surface area contributed by atoms with Gasteiger partial charge in [0.2, 0.25) is 0 Å². The van der Waals surface area contributed by atoms with Gasteiger partial charge < -0.3 is 10.1 Å². The smallest absolute Gasteiger partial charge is 0.338 e. The van der Waals surface area contributed by atoms with Crippen LogP contribution in [0.2, 0.25) is 0 Å². The summed E-state index contributed by atoms with van der Waals surface area (Å²) in [6, 6.07) is 19.2. The van der Waals surface area contributed by atoms with Crippen molar-refractivity contribution >= 4 is 35.1 Å². The van der Waals surface area contributed by atoms with Crippen molar-refractivity contribution in [3.63, 3.8) is 0 Å². The zero-order chi connectivity index (χ0) is 22.8. The standard InChI is InChI=1S/C25H20N2O5/c1-15(2)32-25(31)16-10-12-18(13-11-16)26-22(28)17-6-5-7-19(14-17)27-23(29)20-8-3-4-9-21(20)24(27)30/h3-15H,1-2H3,(H,26,28). The second-order valence-corrected chi connectivity index (χ2v) is 7.53. The first kappa shape index (κ1) is 21.0. The molecule has 0 atom stereocenters. The zero-order valence-corrected chi connectivity index (χ0v) is 17.5. The van der Waals surface area contributed by atoms with E-state index in [9.17, 15) is 19.2 Å². The van der Waals surface area contributed by atoms with Crippen LogP contribution < -0.4 is 10.2 Å². The maximum Gasteiger partial charge on any atom is 0.338 e. The minimum Gasteiger partial charge on any atom is -0.459 e. The lowest BCUT2D eigenvalue weighted by atomic mass is 10.1. The molecule has 0 unspecified atom stereocenters. The lowest BCUT2D eigenvalue weighted by Crippen LogP contribution is -2.29. The predicted octanol–water partition coefficient (Wildman–Crippen LogP) is 4.30. The molecule has 0 fully saturated rings. The Labute approximate surface area is 184 Å². The van der Waals surface area contributed by atoms with Gasteiger partial charge in [-0.2, -0.15) is 0 Å². The summed E-state index contributed by atoms with van der Waals surface area (Å²) in [6.45, 7) is 3.53. The van der Waals surface area contributed by atoms with E-state index in [2.05, 4.69) is 5.32 Å². The van der Waals surface area contributed by atoms with Gasteiger partial charge in [-0.15, -0.1) is 0 Å². The summed E-state index contributed by atoms with van der Waals surface area (Å²) in [6.07, 6.45) is -0.226. The second-order valence-electron chi connectivity index (χ2n) is 7.53. The molecule has 0 aromatic heterocycles. The average molecular weight is 428 g/mol. The average Bonchev–Trinajstić information content (AvgIpc) is 3.04. The highest BCUT2D eigenvalue weighted by Crippen LogP contribution is 2.29. The third kappa shape index (κ3) is 4.00. The fourth-order valence-electron chi connectivity index (χ4n) is 3.39. The van der Waals surface area contributed by atoms with E-state index in [1.54, 1.807) is 80.6 Å². The van der Waals surface area contributed by atoms with Gasteiger partial charge in [0.1, 0.15) is 0 Å². The molecule has 0 saturated heterocycles. The van der Waals surface area contributed by atoms with E-state index in [0.717, 1.165) is 4.90 Å². The van der Waals surface area contributed by atoms with E-state index in [1.165, 1.54) is 6.07 Å². The third-order valence-corrected chi connectivity index (χ3v) is 4.88. The quantitative estimate of drug-likeness (QED) is 0.483. The van der Waals surface area contributed by atoms with Gasteiger partial charge in [0.15, 0.2) is 0 Å². The van der Waals surface area contributed by atoms with Crippen molar-refractivity contribution < 1.29 is 23.9 Å². The van der Waals surface area contributed by atoms with Gasteiger partial charge in [-0.05, 0) is 68.4 Å². The first-order chi connectivity index (χ1) is 15.3. The fraction of sp³-hybridized carbons (Fsp3) is 0.120. The van der Waals surface area contributed by atoms with E-state index in [0.29, 0.717) is 28.1 Å². The Balaban J connectivity index is 1.51. The Bertz CT molecular complexity index is 1200. The van der Waals surface area contributed by atoms with Gasteiger partial charge in [-0.3, -0.25) is 14.4 Å². The molecule has 7 heteroatoms. The van der Waals surface area contributed by atoms with Crippen LogP contribution in [0.5, 0.6) is 0 Å². The summed E-state index contributed by atoms with van der Waals surface area (Å²) in [5.41, 5.74) is 2.14. The number of ether oxygens (including phenoxy) is 1. The first-order valence-corrected chi connectivity index (χ1v) is 10.1. The predicted molar refractivity (Wildman–Crippen MR) is 119 cm³/mol. The number of nitrogens with one attached hydrogen (secondary N) is 1. The van der Waals surface area contributed by atoms with Crippen LogP contribution in [0.15, 0.2) is 72.8 Å². The monoisotopic (exact) mass is 428 g/mol. The maximum atomic E-state index is 12.7. The highest BCUT2D eigenvalue weighted by Gasteiger charge is 2.36. The number of hydrogen-bond acceptors (Lipinski definition) is 5. The van der Waals surface area contributed by atoms with E-state index in [1.807, 2.05) is 0 Å². The number of anilines is 2. The maximum absolute atomic E-state index is 12.7. The topological polar surface area (TPSA) is 92.8 Å². The Kier molecular flexibility index (Phi) is 5.55. The molecule has 1 N–H and O–H groups in total. The molecule has 0 spiro atoms. The summed E-state index contributed by atoms with van der Waals surface area (Å²) in [4.78, 5) is 51.1. The number of esters is 1. The molecule has 1 aliphatic rings. The lowest BCUT2D eigenvalue weighted by molar-refractivity contribution is 0.0377. The molecule has 0 radical (unpaired) electrons. The van der Waals surface area contributed by atoms with Gasteiger partial charge in [0.25, 0.3) is 17.7 Å². The molecule has 3 amide bonds. The van der Waals surface area contributed by atoms with Gasteiger partial charge in [0, 0.05) is 11.3 Å². The van der Waals surface area contributed by atoms with Gasteiger partial charge in [-0.1, -0.05) is 18.2 Å². The summed E-state index contributed by atoms with van der Waals surface area (Å²) >= 11 is 0. The van der Waals surface area contributed by atoms with Crippen molar-refractivity contribution in [2.24, 2.45) is 0 Å². The van der Waals surface area contributed by atoms with Crippen LogP contribution in [0.3, 0.4) is 0 Å². The summed E-state index contributed by atoms with van der Waals surface area (Å²) in [5.74, 6) is -1.70. The minimum absolute atomic E-state index is 0.226. The number of hydrogen-bond donors (Lipinski definition) is 1. The molecule has 32 heavy (non-hydrogen) atoms. The SMILES string of the molecule is CC(C)OC(=O)c1ccc(NC(=O)c2cccc(N3C(=O)c4ccccc4C3=O)c2)cc1. The Morgan fingerprint density at radius 2 is 1.44 bits per heavy atom. The van der Waals surface area contributed by atoms with Gasteiger partial charge >= 0.3 is 5.97 Å². The Morgan fingerprint density at radius 1 is 0.812 bits per heavy atom. The molecule has 3 aromatic carbocycles. The minimum atomic E-state index is -0.438. The van der Waals surface area contributed by atoms with Crippen molar-refractivity contribution in [3.05, 3.63) is 95.1 Å². The van der Waals surface area contributed by atoms with Crippen LogP contribution in [0.25, 0.3) is 0 Å². The summed E-state index contributed by atoms with van der Waals surface area (Å²) in [5, 5.41) is 2.74. The number of carbonyl (C=O) groups excluding carboxylic acids is 4.